The minimum absolute atomic E-state index is 0.0623. The third-order valence-corrected chi connectivity index (χ3v) is 4.54. The number of thiazole rings is 1. The van der Waals surface area contributed by atoms with Crippen molar-refractivity contribution in [2.45, 2.75) is 26.2 Å². The van der Waals surface area contributed by atoms with Crippen molar-refractivity contribution < 1.29 is 19.5 Å². The van der Waals surface area contributed by atoms with E-state index in [1.807, 2.05) is 17.5 Å². The fourth-order valence-corrected chi connectivity index (χ4v) is 3.00. The molecule has 0 aliphatic carbocycles. The fraction of sp³-hybridized carbons (Fsp3) is 0.333. The first-order valence-electron chi connectivity index (χ1n) is 8.15. The molecular weight excluding hydrogens is 354 g/mol. The summed E-state index contributed by atoms with van der Waals surface area (Å²) in [6.07, 6.45) is 0.0623. The van der Waals surface area contributed by atoms with Crippen molar-refractivity contribution in [1.82, 2.24) is 15.6 Å². The number of nitrogens with zero attached hydrogens (tertiary/aromatic N) is 1. The summed E-state index contributed by atoms with van der Waals surface area (Å²) in [5.41, 5.74) is 2.88. The molecule has 2 amide bonds. The van der Waals surface area contributed by atoms with E-state index in [0.29, 0.717) is 11.6 Å². The average molecular weight is 375 g/mol. The standard InChI is InChI=1S/C18H21N3O4S/c1-11(2)12-3-5-13(6-4-12)18-21-14(10-26-18)7-15(22)19-8-16(23)20-9-17(24)25/h3-6,10-11H,7-9H2,1-2H3,(H,19,22)(H,20,23)(H,24,25). The van der Waals surface area contributed by atoms with Crippen LogP contribution in [0.4, 0.5) is 0 Å². The number of carbonyl (C=O) groups excluding carboxylic acids is 2. The van der Waals surface area contributed by atoms with Crippen molar-refractivity contribution in [2.75, 3.05) is 13.1 Å². The second kappa shape index (κ2) is 9.10. The van der Waals surface area contributed by atoms with Crippen LogP contribution in [0.2, 0.25) is 0 Å². The molecule has 2 aromatic rings. The number of benzene rings is 1. The molecule has 0 aliphatic heterocycles. The van der Waals surface area contributed by atoms with Crippen LogP contribution in [0.25, 0.3) is 10.6 Å². The lowest BCUT2D eigenvalue weighted by Gasteiger charge is -2.05. The van der Waals surface area contributed by atoms with Crippen LogP contribution in [0, 0.1) is 0 Å². The van der Waals surface area contributed by atoms with Crippen molar-refractivity contribution in [3.8, 4) is 10.6 Å². The van der Waals surface area contributed by atoms with E-state index >= 15 is 0 Å². The van der Waals surface area contributed by atoms with Crippen molar-refractivity contribution >= 4 is 29.1 Å². The van der Waals surface area contributed by atoms with Crippen molar-refractivity contribution in [1.29, 1.82) is 0 Å². The fourth-order valence-electron chi connectivity index (χ4n) is 2.17. The molecule has 0 unspecified atom stereocenters. The monoisotopic (exact) mass is 375 g/mol. The van der Waals surface area contributed by atoms with Gasteiger partial charge in [0.1, 0.15) is 11.6 Å². The molecule has 1 aromatic heterocycles. The van der Waals surface area contributed by atoms with E-state index in [1.165, 1.54) is 16.9 Å². The van der Waals surface area contributed by atoms with E-state index in [-0.39, 0.29) is 18.9 Å². The van der Waals surface area contributed by atoms with E-state index in [0.717, 1.165) is 10.6 Å². The first-order chi connectivity index (χ1) is 12.3. The molecule has 0 fully saturated rings. The zero-order valence-corrected chi connectivity index (χ0v) is 15.4. The summed E-state index contributed by atoms with van der Waals surface area (Å²) in [4.78, 5) is 38.0. The molecule has 0 bridgehead atoms. The number of carbonyl (C=O) groups is 3. The maximum absolute atomic E-state index is 11.9. The topological polar surface area (TPSA) is 108 Å². The summed E-state index contributed by atoms with van der Waals surface area (Å²) in [5.74, 6) is -1.57. The second-order valence-electron chi connectivity index (χ2n) is 6.04. The molecule has 26 heavy (non-hydrogen) atoms. The van der Waals surface area contributed by atoms with Gasteiger partial charge in [-0.2, -0.15) is 0 Å². The molecule has 138 valence electrons. The van der Waals surface area contributed by atoms with Gasteiger partial charge in [-0.25, -0.2) is 4.98 Å². The number of hydrogen-bond acceptors (Lipinski definition) is 5. The average Bonchev–Trinajstić information content (AvgIpc) is 3.06. The first kappa shape index (κ1) is 19.6. The zero-order valence-electron chi connectivity index (χ0n) is 14.6. The van der Waals surface area contributed by atoms with E-state index in [1.54, 1.807) is 0 Å². The van der Waals surface area contributed by atoms with Crippen molar-refractivity contribution in [3.05, 3.63) is 40.9 Å². The number of aliphatic carboxylic acids is 1. The van der Waals surface area contributed by atoms with Gasteiger partial charge < -0.3 is 15.7 Å². The minimum atomic E-state index is -1.14. The van der Waals surface area contributed by atoms with Gasteiger partial charge in [0.15, 0.2) is 0 Å². The Balaban J connectivity index is 1.86. The molecule has 0 atom stereocenters. The van der Waals surface area contributed by atoms with Crippen LogP contribution in [0.3, 0.4) is 0 Å². The highest BCUT2D eigenvalue weighted by molar-refractivity contribution is 7.13. The number of nitrogens with one attached hydrogen (secondary N) is 2. The number of amides is 2. The molecule has 2 rings (SSSR count). The first-order valence-corrected chi connectivity index (χ1v) is 9.03. The molecule has 3 N–H and O–H groups in total. The highest BCUT2D eigenvalue weighted by Crippen LogP contribution is 2.25. The van der Waals surface area contributed by atoms with Gasteiger partial charge in [0.2, 0.25) is 11.8 Å². The number of hydrogen-bond donors (Lipinski definition) is 3. The van der Waals surface area contributed by atoms with Crippen LogP contribution in [0.15, 0.2) is 29.6 Å². The molecule has 1 aromatic carbocycles. The summed E-state index contributed by atoms with van der Waals surface area (Å²) >= 11 is 1.46. The lowest BCUT2D eigenvalue weighted by Crippen LogP contribution is -2.39. The summed E-state index contributed by atoms with van der Waals surface area (Å²) < 4.78 is 0. The Kier molecular flexibility index (Phi) is 6.85. The minimum Gasteiger partial charge on any atom is -0.480 e. The van der Waals surface area contributed by atoms with Crippen LogP contribution >= 0.6 is 11.3 Å². The Hall–Kier alpha value is -2.74. The SMILES string of the molecule is CC(C)c1ccc(-c2nc(CC(=O)NCC(=O)NCC(=O)O)cs2)cc1. The molecule has 1 heterocycles. The van der Waals surface area contributed by atoms with Crippen molar-refractivity contribution in [2.24, 2.45) is 0 Å². The quantitative estimate of drug-likeness (QED) is 0.652. The van der Waals surface area contributed by atoms with Gasteiger partial charge in [-0.1, -0.05) is 38.1 Å². The van der Waals surface area contributed by atoms with Crippen LogP contribution in [0.5, 0.6) is 0 Å². The number of rotatable bonds is 8. The van der Waals surface area contributed by atoms with Crippen molar-refractivity contribution in [3.63, 3.8) is 0 Å². The Morgan fingerprint density at radius 3 is 2.35 bits per heavy atom. The maximum Gasteiger partial charge on any atom is 0.322 e. The Morgan fingerprint density at radius 2 is 1.73 bits per heavy atom. The van der Waals surface area contributed by atoms with E-state index in [9.17, 15) is 14.4 Å². The van der Waals surface area contributed by atoms with Crippen LogP contribution in [0.1, 0.15) is 31.0 Å². The highest BCUT2D eigenvalue weighted by atomic mass is 32.1. The number of carboxylic acid groups (broad SMARTS) is 1. The molecule has 8 heteroatoms. The molecule has 0 saturated carbocycles. The third-order valence-electron chi connectivity index (χ3n) is 3.60. The Labute approximate surface area is 155 Å². The van der Waals surface area contributed by atoms with E-state index in [4.69, 9.17) is 5.11 Å². The molecule has 0 saturated heterocycles. The summed E-state index contributed by atoms with van der Waals surface area (Å²) in [5, 5.41) is 15.7. The summed E-state index contributed by atoms with van der Waals surface area (Å²) in [6, 6.07) is 8.18. The Bertz CT molecular complexity index is 784. The van der Waals surface area contributed by atoms with Gasteiger partial charge in [-0.3, -0.25) is 14.4 Å². The molecule has 0 aliphatic rings. The van der Waals surface area contributed by atoms with Gasteiger partial charge >= 0.3 is 5.97 Å². The van der Waals surface area contributed by atoms with Crippen LogP contribution in [-0.4, -0.2) is 41.0 Å². The Morgan fingerprint density at radius 1 is 1.08 bits per heavy atom. The smallest absolute Gasteiger partial charge is 0.322 e. The molecule has 0 radical (unpaired) electrons. The molecular formula is C18H21N3O4S. The van der Waals surface area contributed by atoms with Gasteiger partial charge in [-0.15, -0.1) is 11.3 Å². The van der Waals surface area contributed by atoms with Gasteiger partial charge in [-0.05, 0) is 11.5 Å². The summed E-state index contributed by atoms with van der Waals surface area (Å²) in [7, 11) is 0. The normalized spacial score (nSPS) is 10.6. The lowest BCUT2D eigenvalue weighted by atomic mass is 10.0. The van der Waals surface area contributed by atoms with Gasteiger partial charge in [0.25, 0.3) is 0 Å². The third kappa shape index (κ3) is 5.96. The lowest BCUT2D eigenvalue weighted by molar-refractivity contribution is -0.137. The van der Waals surface area contributed by atoms with Gasteiger partial charge in [0, 0.05) is 10.9 Å². The molecule has 0 spiro atoms. The van der Waals surface area contributed by atoms with Crippen LogP contribution < -0.4 is 10.6 Å². The second-order valence-corrected chi connectivity index (χ2v) is 6.90. The zero-order chi connectivity index (χ0) is 19.1. The highest BCUT2D eigenvalue weighted by Gasteiger charge is 2.11. The predicted molar refractivity (Wildman–Crippen MR) is 99.0 cm³/mol. The molecule has 7 nitrogen and oxygen atoms in total. The van der Waals surface area contributed by atoms with Crippen LogP contribution in [-0.2, 0) is 20.8 Å². The predicted octanol–water partition coefficient (Wildman–Crippen LogP) is 1.79. The number of carboxylic acids is 1. The maximum atomic E-state index is 11.9. The summed E-state index contributed by atoms with van der Waals surface area (Å²) in [6.45, 7) is 3.54. The number of aromatic nitrogens is 1. The van der Waals surface area contributed by atoms with E-state index < -0.39 is 18.4 Å². The van der Waals surface area contributed by atoms with E-state index in [2.05, 4.69) is 41.6 Å². The van der Waals surface area contributed by atoms with Gasteiger partial charge in [0.05, 0.1) is 18.7 Å². The largest absolute Gasteiger partial charge is 0.480 e.